The van der Waals surface area contributed by atoms with Crippen molar-refractivity contribution in [3.63, 3.8) is 0 Å². The van der Waals surface area contributed by atoms with Gasteiger partial charge < -0.3 is 15.7 Å². The zero-order chi connectivity index (χ0) is 24.5. The van der Waals surface area contributed by atoms with Gasteiger partial charge in [0, 0.05) is 24.1 Å². The number of rotatable bonds is 9. The molecule has 0 aliphatic heterocycles. The fraction of sp³-hybridized carbons (Fsp3) is 0.0800. The van der Waals surface area contributed by atoms with E-state index in [0.29, 0.717) is 5.56 Å². The molecule has 0 aromatic heterocycles. The van der Waals surface area contributed by atoms with Gasteiger partial charge in [0.25, 0.3) is 17.5 Å². The van der Waals surface area contributed by atoms with Crippen molar-refractivity contribution >= 4 is 29.5 Å². The number of carboxylic acid groups (broad SMARTS) is 1. The summed E-state index contributed by atoms with van der Waals surface area (Å²) in [6, 6.07) is 21.1. The fourth-order valence-electron chi connectivity index (χ4n) is 3.12. The third kappa shape index (κ3) is 6.60. The first-order valence-electron chi connectivity index (χ1n) is 10.2. The highest BCUT2D eigenvalue weighted by Gasteiger charge is 2.23. The van der Waals surface area contributed by atoms with Crippen molar-refractivity contribution in [1.82, 2.24) is 10.6 Å². The van der Waals surface area contributed by atoms with E-state index in [1.54, 1.807) is 60.7 Å². The standard InChI is InChI=1S/C25H21N3O6/c29-23(19-11-5-2-6-12-19)26-21(16-18-10-7-13-20(14-18)28(33)34)24(30)27-22(25(31)32)15-17-8-3-1-4-9-17/h1-14,16,22H,15H2,(H,26,29)(H,27,30)(H,31,32)/b21-16+. The number of nitro benzene ring substituents is 1. The van der Waals surface area contributed by atoms with Crippen LogP contribution < -0.4 is 10.6 Å². The first kappa shape index (κ1) is 23.9. The first-order valence-corrected chi connectivity index (χ1v) is 10.2. The maximum Gasteiger partial charge on any atom is 0.326 e. The Balaban J connectivity index is 1.90. The number of hydrogen-bond donors (Lipinski definition) is 3. The minimum atomic E-state index is -1.27. The summed E-state index contributed by atoms with van der Waals surface area (Å²) < 4.78 is 0. The second-order valence-electron chi connectivity index (χ2n) is 7.28. The lowest BCUT2D eigenvalue weighted by Gasteiger charge is -2.17. The van der Waals surface area contributed by atoms with Gasteiger partial charge in [0.15, 0.2) is 0 Å². The maximum atomic E-state index is 13.0. The molecule has 3 aromatic rings. The van der Waals surface area contributed by atoms with Crippen LogP contribution in [0.5, 0.6) is 0 Å². The van der Waals surface area contributed by atoms with Crippen LogP contribution in [0.15, 0.2) is 90.6 Å². The van der Waals surface area contributed by atoms with Crippen LogP contribution in [-0.2, 0) is 16.0 Å². The van der Waals surface area contributed by atoms with E-state index in [9.17, 15) is 29.6 Å². The van der Waals surface area contributed by atoms with Crippen LogP contribution in [0.1, 0.15) is 21.5 Å². The Kier molecular flexibility index (Phi) is 7.85. The lowest BCUT2D eigenvalue weighted by molar-refractivity contribution is -0.384. The summed E-state index contributed by atoms with van der Waals surface area (Å²) in [6.07, 6.45) is 1.28. The number of nitrogens with zero attached hydrogens (tertiary/aromatic N) is 1. The molecule has 0 bridgehead atoms. The molecular formula is C25H21N3O6. The lowest BCUT2D eigenvalue weighted by Crippen LogP contribution is -2.45. The van der Waals surface area contributed by atoms with Crippen molar-refractivity contribution in [2.75, 3.05) is 0 Å². The summed E-state index contributed by atoms with van der Waals surface area (Å²) >= 11 is 0. The smallest absolute Gasteiger partial charge is 0.326 e. The van der Waals surface area contributed by atoms with E-state index in [2.05, 4.69) is 10.6 Å². The van der Waals surface area contributed by atoms with Crippen LogP contribution >= 0.6 is 0 Å². The minimum absolute atomic E-state index is 0.0264. The van der Waals surface area contributed by atoms with E-state index < -0.39 is 28.7 Å². The SMILES string of the molecule is O=C(NC(Cc1ccccc1)C(=O)O)/C(=C\c1cccc([N+](=O)[O-])c1)NC(=O)c1ccccc1. The molecule has 2 amide bonds. The van der Waals surface area contributed by atoms with Crippen LogP contribution in [-0.4, -0.2) is 33.9 Å². The van der Waals surface area contributed by atoms with Gasteiger partial charge in [-0.2, -0.15) is 0 Å². The molecule has 3 aromatic carbocycles. The second-order valence-corrected chi connectivity index (χ2v) is 7.28. The predicted octanol–water partition coefficient (Wildman–Crippen LogP) is 3.18. The molecule has 0 spiro atoms. The van der Waals surface area contributed by atoms with Gasteiger partial charge in [-0.1, -0.05) is 60.7 Å². The molecule has 0 aliphatic rings. The van der Waals surface area contributed by atoms with Crippen molar-refractivity contribution in [1.29, 1.82) is 0 Å². The second kappa shape index (κ2) is 11.2. The summed E-state index contributed by atoms with van der Waals surface area (Å²) in [5.41, 5.74) is 0.804. The largest absolute Gasteiger partial charge is 0.480 e. The van der Waals surface area contributed by atoms with Crippen LogP contribution in [0.25, 0.3) is 6.08 Å². The molecule has 9 heteroatoms. The molecule has 1 atom stereocenters. The molecule has 0 fully saturated rings. The number of carbonyl (C=O) groups is 3. The van der Waals surface area contributed by atoms with Crippen molar-refractivity contribution in [2.24, 2.45) is 0 Å². The normalized spacial score (nSPS) is 11.8. The number of benzene rings is 3. The summed E-state index contributed by atoms with van der Waals surface area (Å²) in [5, 5.41) is 25.6. The highest BCUT2D eigenvalue weighted by Crippen LogP contribution is 2.16. The first-order chi connectivity index (χ1) is 16.3. The molecule has 0 saturated carbocycles. The number of nitro groups is 1. The van der Waals surface area contributed by atoms with Gasteiger partial charge >= 0.3 is 5.97 Å². The Morgan fingerprint density at radius 1 is 0.941 bits per heavy atom. The van der Waals surface area contributed by atoms with Gasteiger partial charge in [-0.25, -0.2) is 4.79 Å². The van der Waals surface area contributed by atoms with Crippen LogP contribution in [0.4, 0.5) is 5.69 Å². The van der Waals surface area contributed by atoms with Gasteiger partial charge in [0.2, 0.25) is 0 Å². The number of carboxylic acids is 1. The zero-order valence-corrected chi connectivity index (χ0v) is 17.9. The molecule has 0 heterocycles. The average Bonchev–Trinajstić information content (AvgIpc) is 2.84. The average molecular weight is 459 g/mol. The molecule has 0 aliphatic carbocycles. The highest BCUT2D eigenvalue weighted by atomic mass is 16.6. The number of amides is 2. The monoisotopic (exact) mass is 459 g/mol. The summed E-state index contributed by atoms with van der Waals surface area (Å²) in [6.45, 7) is 0. The minimum Gasteiger partial charge on any atom is -0.480 e. The zero-order valence-electron chi connectivity index (χ0n) is 17.9. The Hall–Kier alpha value is -4.79. The van der Waals surface area contributed by atoms with Crippen LogP contribution in [0.3, 0.4) is 0 Å². The third-order valence-electron chi connectivity index (χ3n) is 4.81. The predicted molar refractivity (Wildman–Crippen MR) is 125 cm³/mol. The molecule has 0 radical (unpaired) electrons. The number of non-ortho nitro benzene ring substituents is 1. The topological polar surface area (TPSA) is 139 Å². The molecule has 34 heavy (non-hydrogen) atoms. The summed E-state index contributed by atoms with van der Waals surface area (Å²) in [5.74, 6) is -2.69. The van der Waals surface area contributed by atoms with E-state index in [4.69, 9.17) is 0 Å². The van der Waals surface area contributed by atoms with Crippen LogP contribution in [0.2, 0.25) is 0 Å². The Morgan fingerprint density at radius 2 is 1.59 bits per heavy atom. The van der Waals surface area contributed by atoms with E-state index in [1.807, 2.05) is 0 Å². The Morgan fingerprint density at radius 3 is 2.21 bits per heavy atom. The van der Waals surface area contributed by atoms with Crippen molar-refractivity contribution < 1.29 is 24.4 Å². The molecule has 1 unspecified atom stereocenters. The van der Waals surface area contributed by atoms with Crippen molar-refractivity contribution in [2.45, 2.75) is 12.5 Å². The molecular weight excluding hydrogens is 438 g/mol. The number of hydrogen-bond acceptors (Lipinski definition) is 5. The highest BCUT2D eigenvalue weighted by molar-refractivity contribution is 6.06. The number of nitrogens with one attached hydrogen (secondary N) is 2. The van der Waals surface area contributed by atoms with Gasteiger partial charge in [0.05, 0.1) is 4.92 Å². The van der Waals surface area contributed by atoms with E-state index >= 15 is 0 Å². The molecule has 0 saturated heterocycles. The van der Waals surface area contributed by atoms with Gasteiger partial charge in [-0.15, -0.1) is 0 Å². The Labute approximate surface area is 194 Å². The van der Waals surface area contributed by atoms with Crippen molar-refractivity contribution in [3.05, 3.63) is 117 Å². The van der Waals surface area contributed by atoms with E-state index in [-0.39, 0.29) is 28.9 Å². The van der Waals surface area contributed by atoms with Crippen LogP contribution in [0, 0.1) is 10.1 Å². The summed E-state index contributed by atoms with van der Waals surface area (Å²) in [7, 11) is 0. The van der Waals surface area contributed by atoms with E-state index in [0.717, 1.165) is 0 Å². The summed E-state index contributed by atoms with van der Waals surface area (Å²) in [4.78, 5) is 48.0. The van der Waals surface area contributed by atoms with E-state index in [1.165, 1.54) is 30.3 Å². The van der Waals surface area contributed by atoms with Gasteiger partial charge in [-0.05, 0) is 29.3 Å². The van der Waals surface area contributed by atoms with Crippen molar-refractivity contribution in [3.8, 4) is 0 Å². The molecule has 9 nitrogen and oxygen atoms in total. The molecule has 172 valence electrons. The van der Waals surface area contributed by atoms with Gasteiger partial charge in [-0.3, -0.25) is 19.7 Å². The van der Waals surface area contributed by atoms with Gasteiger partial charge in [0.1, 0.15) is 11.7 Å². The Bertz CT molecular complexity index is 1230. The lowest BCUT2D eigenvalue weighted by atomic mass is 10.1. The third-order valence-corrected chi connectivity index (χ3v) is 4.81. The fourth-order valence-corrected chi connectivity index (χ4v) is 3.12. The number of aliphatic carboxylic acids is 1. The number of carbonyl (C=O) groups excluding carboxylic acids is 2. The maximum absolute atomic E-state index is 13.0. The quantitative estimate of drug-likeness (QED) is 0.255. The molecule has 3 rings (SSSR count). The molecule has 3 N–H and O–H groups in total.